The number of nitrogens with zero attached hydrogens (tertiary/aromatic N) is 4. The number of hydrogen-bond donors (Lipinski definition) is 0. The smallest absolute Gasteiger partial charge is 0.0948 e. The molecule has 0 spiro atoms. The molecule has 0 bridgehead atoms. The molecule has 0 aromatic carbocycles. The highest BCUT2D eigenvalue weighted by Gasteiger charge is 2.06. The van der Waals surface area contributed by atoms with Crippen LogP contribution in [0.5, 0.6) is 0 Å². The van der Waals surface area contributed by atoms with Crippen LogP contribution in [0.15, 0.2) is 30.9 Å². The number of aryl methyl sites for hydroxylation is 2. The van der Waals surface area contributed by atoms with Crippen LogP contribution in [0.2, 0.25) is 0 Å². The molecule has 0 radical (unpaired) electrons. The second-order valence-electron chi connectivity index (χ2n) is 4.85. The second kappa shape index (κ2) is 6.48. The SMILES string of the molecule is CCc1ccc(CN(C)Cc2cncn2CC)nc1. The van der Waals surface area contributed by atoms with Crippen LogP contribution in [0.1, 0.15) is 30.8 Å². The van der Waals surface area contributed by atoms with Crippen molar-refractivity contribution in [3.05, 3.63) is 47.8 Å². The largest absolute Gasteiger partial charge is 0.334 e. The van der Waals surface area contributed by atoms with Gasteiger partial charge in [-0.15, -0.1) is 0 Å². The maximum absolute atomic E-state index is 4.50. The summed E-state index contributed by atoms with van der Waals surface area (Å²) in [5.41, 5.74) is 3.65. The van der Waals surface area contributed by atoms with Crippen LogP contribution < -0.4 is 0 Å². The van der Waals surface area contributed by atoms with E-state index in [1.165, 1.54) is 11.3 Å². The van der Waals surface area contributed by atoms with Gasteiger partial charge in [0.1, 0.15) is 0 Å². The van der Waals surface area contributed by atoms with Crippen molar-refractivity contribution in [2.24, 2.45) is 0 Å². The van der Waals surface area contributed by atoms with Crippen molar-refractivity contribution in [2.45, 2.75) is 39.9 Å². The Balaban J connectivity index is 1.95. The average molecular weight is 258 g/mol. The fraction of sp³-hybridized carbons (Fsp3) is 0.467. The van der Waals surface area contributed by atoms with Crippen LogP contribution in [0.4, 0.5) is 0 Å². The van der Waals surface area contributed by atoms with Gasteiger partial charge in [0.25, 0.3) is 0 Å². The summed E-state index contributed by atoms with van der Waals surface area (Å²) < 4.78 is 2.17. The molecule has 2 aromatic rings. The van der Waals surface area contributed by atoms with E-state index in [-0.39, 0.29) is 0 Å². The van der Waals surface area contributed by atoms with Crippen molar-refractivity contribution in [2.75, 3.05) is 7.05 Å². The lowest BCUT2D eigenvalue weighted by molar-refractivity contribution is 0.306. The fourth-order valence-electron chi connectivity index (χ4n) is 2.13. The van der Waals surface area contributed by atoms with E-state index in [1.807, 2.05) is 18.7 Å². The molecule has 4 heteroatoms. The Bertz CT molecular complexity index is 501. The van der Waals surface area contributed by atoms with Gasteiger partial charge in [0.2, 0.25) is 0 Å². The zero-order valence-electron chi connectivity index (χ0n) is 12.0. The van der Waals surface area contributed by atoms with Crippen LogP contribution in [0.3, 0.4) is 0 Å². The first kappa shape index (κ1) is 13.7. The number of pyridine rings is 1. The minimum atomic E-state index is 0.860. The van der Waals surface area contributed by atoms with Gasteiger partial charge in [-0.25, -0.2) is 4.98 Å². The van der Waals surface area contributed by atoms with Gasteiger partial charge < -0.3 is 4.57 Å². The lowest BCUT2D eigenvalue weighted by Crippen LogP contribution is -2.19. The van der Waals surface area contributed by atoms with Crippen molar-refractivity contribution in [1.82, 2.24) is 19.4 Å². The Morgan fingerprint density at radius 3 is 2.63 bits per heavy atom. The maximum atomic E-state index is 4.50. The summed E-state index contributed by atoms with van der Waals surface area (Å²) in [6.07, 6.45) is 6.84. The Kier molecular flexibility index (Phi) is 4.68. The van der Waals surface area contributed by atoms with Gasteiger partial charge in [-0.1, -0.05) is 13.0 Å². The fourth-order valence-corrected chi connectivity index (χ4v) is 2.13. The van der Waals surface area contributed by atoms with Crippen LogP contribution in [-0.4, -0.2) is 26.5 Å². The van der Waals surface area contributed by atoms with Crippen molar-refractivity contribution >= 4 is 0 Å². The van der Waals surface area contributed by atoms with E-state index < -0.39 is 0 Å². The van der Waals surface area contributed by atoms with Crippen LogP contribution in [-0.2, 0) is 26.1 Å². The summed E-state index contributed by atoms with van der Waals surface area (Å²) in [6.45, 7) is 7.00. The van der Waals surface area contributed by atoms with Gasteiger partial charge in [0, 0.05) is 32.0 Å². The molecule has 2 rings (SSSR count). The second-order valence-corrected chi connectivity index (χ2v) is 4.85. The van der Waals surface area contributed by atoms with E-state index in [9.17, 15) is 0 Å². The molecular weight excluding hydrogens is 236 g/mol. The highest BCUT2D eigenvalue weighted by atomic mass is 15.1. The number of aromatic nitrogens is 3. The lowest BCUT2D eigenvalue weighted by Gasteiger charge is -2.17. The maximum Gasteiger partial charge on any atom is 0.0948 e. The van der Waals surface area contributed by atoms with E-state index >= 15 is 0 Å². The minimum absolute atomic E-state index is 0.860. The Morgan fingerprint density at radius 1 is 1.16 bits per heavy atom. The Hall–Kier alpha value is -1.68. The molecule has 0 saturated carbocycles. The van der Waals surface area contributed by atoms with E-state index in [0.29, 0.717) is 0 Å². The average Bonchev–Trinajstić information content (AvgIpc) is 2.86. The molecule has 2 aromatic heterocycles. The van der Waals surface area contributed by atoms with Crippen molar-refractivity contribution in [3.63, 3.8) is 0 Å². The molecule has 4 nitrogen and oxygen atoms in total. The zero-order chi connectivity index (χ0) is 13.7. The molecule has 0 N–H and O–H groups in total. The molecule has 0 atom stereocenters. The predicted molar refractivity (Wildman–Crippen MR) is 76.7 cm³/mol. The van der Waals surface area contributed by atoms with Crippen molar-refractivity contribution in [1.29, 1.82) is 0 Å². The molecule has 0 saturated heterocycles. The van der Waals surface area contributed by atoms with E-state index in [4.69, 9.17) is 0 Å². The highest BCUT2D eigenvalue weighted by molar-refractivity contribution is 5.13. The molecule has 0 fully saturated rings. The van der Waals surface area contributed by atoms with E-state index in [1.54, 1.807) is 0 Å². The van der Waals surface area contributed by atoms with Crippen molar-refractivity contribution < 1.29 is 0 Å². The quantitative estimate of drug-likeness (QED) is 0.798. The van der Waals surface area contributed by atoms with Gasteiger partial charge in [0.05, 0.1) is 17.7 Å². The zero-order valence-corrected chi connectivity index (χ0v) is 12.0. The molecule has 0 amide bonds. The minimum Gasteiger partial charge on any atom is -0.334 e. The van der Waals surface area contributed by atoms with Crippen LogP contribution in [0.25, 0.3) is 0 Å². The molecule has 0 aliphatic rings. The number of rotatable bonds is 6. The van der Waals surface area contributed by atoms with Gasteiger partial charge in [-0.3, -0.25) is 9.88 Å². The summed E-state index contributed by atoms with van der Waals surface area (Å²) in [4.78, 5) is 11.0. The molecule has 2 heterocycles. The van der Waals surface area contributed by atoms with Gasteiger partial charge in [-0.2, -0.15) is 0 Å². The highest BCUT2D eigenvalue weighted by Crippen LogP contribution is 2.07. The standard InChI is InChI=1S/C15H22N4/c1-4-13-6-7-14(17-8-13)10-18(3)11-15-9-16-12-19(15)5-2/h6-9,12H,4-5,10-11H2,1-3H3. The predicted octanol–water partition coefficient (Wildman–Crippen LogP) is 2.49. The normalized spacial score (nSPS) is 11.2. The Morgan fingerprint density at radius 2 is 2.00 bits per heavy atom. The van der Waals surface area contributed by atoms with E-state index in [0.717, 1.165) is 31.7 Å². The first-order chi connectivity index (χ1) is 9.22. The topological polar surface area (TPSA) is 34.0 Å². The Labute approximate surface area is 115 Å². The summed E-state index contributed by atoms with van der Waals surface area (Å²) in [5, 5.41) is 0. The lowest BCUT2D eigenvalue weighted by atomic mass is 10.2. The molecule has 0 aliphatic heterocycles. The number of hydrogen-bond acceptors (Lipinski definition) is 3. The molecule has 102 valence electrons. The first-order valence-electron chi connectivity index (χ1n) is 6.84. The van der Waals surface area contributed by atoms with Gasteiger partial charge in [0.15, 0.2) is 0 Å². The molecular formula is C15H22N4. The number of imidazole rings is 1. The van der Waals surface area contributed by atoms with Gasteiger partial charge in [-0.05, 0) is 32.0 Å². The van der Waals surface area contributed by atoms with Crippen molar-refractivity contribution in [3.8, 4) is 0 Å². The van der Waals surface area contributed by atoms with Gasteiger partial charge >= 0.3 is 0 Å². The molecule has 0 unspecified atom stereocenters. The monoisotopic (exact) mass is 258 g/mol. The third-order valence-electron chi connectivity index (χ3n) is 3.30. The third-order valence-corrected chi connectivity index (χ3v) is 3.30. The van der Waals surface area contributed by atoms with Crippen LogP contribution in [0, 0.1) is 0 Å². The first-order valence-corrected chi connectivity index (χ1v) is 6.84. The van der Waals surface area contributed by atoms with Crippen LogP contribution >= 0.6 is 0 Å². The summed E-state index contributed by atoms with van der Waals surface area (Å²) >= 11 is 0. The summed E-state index contributed by atoms with van der Waals surface area (Å²) in [7, 11) is 2.11. The molecule has 0 aliphatic carbocycles. The van der Waals surface area contributed by atoms with E-state index in [2.05, 4.69) is 52.5 Å². The third kappa shape index (κ3) is 3.64. The summed E-state index contributed by atoms with van der Waals surface area (Å²) in [6, 6.07) is 4.28. The molecule has 19 heavy (non-hydrogen) atoms. The summed E-state index contributed by atoms with van der Waals surface area (Å²) in [5.74, 6) is 0.